The van der Waals surface area contributed by atoms with Crippen molar-refractivity contribution in [2.24, 2.45) is 4.99 Å². The van der Waals surface area contributed by atoms with Gasteiger partial charge in [0.2, 0.25) is 0 Å². The minimum atomic E-state index is -0.299. The molecule has 0 saturated carbocycles. The van der Waals surface area contributed by atoms with Crippen LogP contribution in [0.15, 0.2) is 39.1 Å². The molecule has 1 fully saturated rings. The Labute approximate surface area is 107 Å². The number of likely N-dealkylation sites (N-methyl/N-ethyl adjacent to an activating group) is 1. The van der Waals surface area contributed by atoms with E-state index < -0.39 is 0 Å². The van der Waals surface area contributed by atoms with Crippen LogP contribution in [0.2, 0.25) is 0 Å². The van der Waals surface area contributed by atoms with Gasteiger partial charge in [0.1, 0.15) is 11.6 Å². The largest absolute Gasteiger partial charge is 0.428 e. The van der Waals surface area contributed by atoms with Gasteiger partial charge in [0.15, 0.2) is 0 Å². The average Bonchev–Trinajstić information content (AvgIpc) is 2.60. The SMILES string of the molecule is CN1C/C(=C\I)OC1=Nc1cccc(F)c1. The van der Waals surface area contributed by atoms with E-state index in [0.717, 1.165) is 5.76 Å². The van der Waals surface area contributed by atoms with Gasteiger partial charge in [0.05, 0.1) is 12.2 Å². The van der Waals surface area contributed by atoms with Crippen molar-refractivity contribution in [3.05, 3.63) is 39.9 Å². The second-order valence-corrected chi connectivity index (χ2v) is 4.03. The Morgan fingerprint density at radius 3 is 3.00 bits per heavy atom. The standard InChI is InChI=1S/C11H10FIN2O/c1-15-7-10(6-13)16-11(15)14-9-4-2-3-8(12)5-9/h2-6H,7H2,1H3/b10-6+,14-11?. The van der Waals surface area contributed by atoms with E-state index in [1.807, 2.05) is 16.0 Å². The third-order valence-corrected chi connectivity index (χ3v) is 2.79. The maximum Gasteiger partial charge on any atom is 0.298 e. The maximum absolute atomic E-state index is 12.9. The summed E-state index contributed by atoms with van der Waals surface area (Å²) in [6.07, 6.45) is 0. The summed E-state index contributed by atoms with van der Waals surface area (Å²) in [4.78, 5) is 6.10. The Bertz CT molecular complexity index is 459. The Morgan fingerprint density at radius 1 is 1.56 bits per heavy atom. The van der Waals surface area contributed by atoms with Crippen LogP contribution < -0.4 is 0 Å². The summed E-state index contributed by atoms with van der Waals surface area (Å²) in [7, 11) is 1.88. The van der Waals surface area contributed by atoms with Crippen LogP contribution in [0, 0.1) is 5.82 Å². The lowest BCUT2D eigenvalue weighted by Crippen LogP contribution is -2.19. The highest BCUT2D eigenvalue weighted by Crippen LogP contribution is 2.19. The Kier molecular flexibility index (Phi) is 3.42. The number of halogens is 2. The number of nitrogens with zero attached hydrogens (tertiary/aromatic N) is 2. The fraction of sp³-hybridized carbons (Fsp3) is 0.182. The summed E-state index contributed by atoms with van der Waals surface area (Å²) in [6, 6.07) is 6.61. The quantitative estimate of drug-likeness (QED) is 0.739. The van der Waals surface area contributed by atoms with Crippen molar-refractivity contribution >= 4 is 34.3 Å². The predicted octanol–water partition coefficient (Wildman–Crippen LogP) is 3.05. The zero-order chi connectivity index (χ0) is 11.5. The Balaban J connectivity index is 2.25. The molecule has 2 rings (SSSR count). The molecular formula is C11H10FIN2O. The van der Waals surface area contributed by atoms with Gasteiger partial charge in [-0.05, 0) is 40.8 Å². The Morgan fingerprint density at radius 2 is 2.38 bits per heavy atom. The second-order valence-electron chi connectivity index (χ2n) is 3.41. The van der Waals surface area contributed by atoms with Crippen LogP contribution in [0.25, 0.3) is 0 Å². The first-order valence-electron chi connectivity index (χ1n) is 4.71. The van der Waals surface area contributed by atoms with E-state index in [0.29, 0.717) is 18.3 Å². The summed E-state index contributed by atoms with van der Waals surface area (Å²) >= 11 is 2.12. The molecule has 1 aliphatic heterocycles. The first kappa shape index (κ1) is 11.4. The highest BCUT2D eigenvalue weighted by atomic mass is 127. The van der Waals surface area contributed by atoms with E-state index in [1.165, 1.54) is 12.1 Å². The zero-order valence-corrected chi connectivity index (χ0v) is 10.8. The monoisotopic (exact) mass is 332 g/mol. The number of hydrogen-bond acceptors (Lipinski definition) is 2. The molecular weight excluding hydrogens is 322 g/mol. The van der Waals surface area contributed by atoms with Gasteiger partial charge >= 0.3 is 0 Å². The number of aliphatic imine (C=N–C) groups is 1. The van der Waals surface area contributed by atoms with Crippen molar-refractivity contribution < 1.29 is 9.13 Å². The molecule has 0 unspecified atom stereocenters. The van der Waals surface area contributed by atoms with Crippen LogP contribution >= 0.6 is 22.6 Å². The van der Waals surface area contributed by atoms with Crippen LogP contribution in [-0.4, -0.2) is 24.5 Å². The number of hydrogen-bond donors (Lipinski definition) is 0. The van der Waals surface area contributed by atoms with E-state index in [2.05, 4.69) is 27.6 Å². The summed E-state index contributed by atoms with van der Waals surface area (Å²) < 4.78 is 20.3. The zero-order valence-electron chi connectivity index (χ0n) is 8.65. The fourth-order valence-corrected chi connectivity index (χ4v) is 1.67. The lowest BCUT2D eigenvalue weighted by atomic mass is 10.3. The van der Waals surface area contributed by atoms with Gasteiger partial charge in [-0.3, -0.25) is 0 Å². The topological polar surface area (TPSA) is 24.8 Å². The number of benzene rings is 1. The number of ether oxygens (including phenoxy) is 1. The molecule has 16 heavy (non-hydrogen) atoms. The summed E-state index contributed by atoms with van der Waals surface area (Å²) in [6.45, 7) is 0.692. The van der Waals surface area contributed by atoms with Gasteiger partial charge in [-0.1, -0.05) is 6.07 Å². The molecule has 5 heteroatoms. The average molecular weight is 332 g/mol. The molecule has 1 heterocycles. The third kappa shape index (κ3) is 2.52. The molecule has 0 N–H and O–H groups in total. The third-order valence-electron chi connectivity index (χ3n) is 2.10. The first-order chi connectivity index (χ1) is 7.69. The van der Waals surface area contributed by atoms with Crippen LogP contribution in [-0.2, 0) is 4.74 Å². The van der Waals surface area contributed by atoms with Crippen LogP contribution in [0.3, 0.4) is 0 Å². The van der Waals surface area contributed by atoms with E-state index in [1.54, 1.807) is 12.1 Å². The molecule has 1 saturated heterocycles. The normalized spacial score (nSPS) is 20.6. The van der Waals surface area contributed by atoms with E-state index in [9.17, 15) is 4.39 Å². The van der Waals surface area contributed by atoms with Gasteiger partial charge in [0.25, 0.3) is 6.02 Å². The van der Waals surface area contributed by atoms with Crippen molar-refractivity contribution in [1.29, 1.82) is 0 Å². The van der Waals surface area contributed by atoms with Gasteiger partial charge < -0.3 is 9.64 Å². The lowest BCUT2D eigenvalue weighted by molar-refractivity contribution is 0.434. The molecule has 1 aliphatic rings. The molecule has 0 bridgehead atoms. The minimum Gasteiger partial charge on any atom is -0.428 e. The highest BCUT2D eigenvalue weighted by molar-refractivity contribution is 14.1. The van der Waals surface area contributed by atoms with Crippen LogP contribution in [0.1, 0.15) is 0 Å². The molecule has 0 atom stereocenters. The van der Waals surface area contributed by atoms with Crippen LogP contribution in [0.5, 0.6) is 0 Å². The molecule has 0 amide bonds. The molecule has 1 aromatic carbocycles. The summed E-state index contributed by atoms with van der Waals surface area (Å²) in [5.74, 6) is 0.547. The second kappa shape index (κ2) is 4.82. The molecule has 0 aromatic heterocycles. The molecule has 3 nitrogen and oxygen atoms in total. The van der Waals surface area contributed by atoms with Crippen molar-refractivity contribution in [2.75, 3.05) is 13.6 Å². The first-order valence-corrected chi connectivity index (χ1v) is 5.96. The van der Waals surface area contributed by atoms with Gasteiger partial charge in [0, 0.05) is 11.1 Å². The van der Waals surface area contributed by atoms with E-state index in [4.69, 9.17) is 4.74 Å². The summed E-state index contributed by atoms with van der Waals surface area (Å²) in [5.41, 5.74) is 0.552. The summed E-state index contributed by atoms with van der Waals surface area (Å²) in [5, 5.41) is 0. The van der Waals surface area contributed by atoms with E-state index in [-0.39, 0.29) is 5.82 Å². The van der Waals surface area contributed by atoms with Gasteiger partial charge in [-0.15, -0.1) is 0 Å². The molecule has 1 aromatic rings. The minimum absolute atomic E-state index is 0.299. The van der Waals surface area contributed by atoms with Crippen molar-refractivity contribution in [1.82, 2.24) is 4.90 Å². The fourth-order valence-electron chi connectivity index (χ4n) is 1.35. The number of amidine groups is 1. The van der Waals surface area contributed by atoms with Crippen molar-refractivity contribution in [3.8, 4) is 0 Å². The molecule has 0 radical (unpaired) electrons. The van der Waals surface area contributed by atoms with Gasteiger partial charge in [-0.2, -0.15) is 4.99 Å². The smallest absolute Gasteiger partial charge is 0.298 e. The lowest BCUT2D eigenvalue weighted by Gasteiger charge is -2.06. The molecule has 0 spiro atoms. The van der Waals surface area contributed by atoms with Crippen LogP contribution in [0.4, 0.5) is 10.1 Å². The predicted molar refractivity (Wildman–Crippen MR) is 69.3 cm³/mol. The van der Waals surface area contributed by atoms with Crippen molar-refractivity contribution in [2.45, 2.75) is 0 Å². The van der Waals surface area contributed by atoms with Gasteiger partial charge in [-0.25, -0.2) is 4.39 Å². The molecule has 0 aliphatic carbocycles. The maximum atomic E-state index is 12.9. The highest BCUT2D eigenvalue weighted by Gasteiger charge is 2.20. The Hall–Kier alpha value is -1.11. The van der Waals surface area contributed by atoms with Crippen molar-refractivity contribution in [3.63, 3.8) is 0 Å². The molecule has 84 valence electrons. The number of rotatable bonds is 1. The van der Waals surface area contributed by atoms with E-state index >= 15 is 0 Å².